The number of rotatable bonds is 17. The number of alkyl halides is 1. The molecule has 0 spiro atoms. The molecule has 604 valence electrons. The van der Waals surface area contributed by atoms with Crippen molar-refractivity contribution in [1.82, 2.24) is 86.3 Å². The zero-order valence-electron chi connectivity index (χ0n) is 63.0. The molecule has 0 aliphatic carbocycles. The molecule has 0 radical (unpaired) electrons. The molecule has 0 fully saturated rings. The molecule has 42 heteroatoms. The predicted molar refractivity (Wildman–Crippen MR) is 447 cm³/mol. The van der Waals surface area contributed by atoms with Gasteiger partial charge in [-0.2, -0.15) is 22.6 Å². The SMILES string of the molecule is CC(C)S.CC(C)S(=O)(=O)c1nc2c(c(=O)[nH]c(=O)n2C)n1Cc1ccc(Cl)cc1.CC(C)S(=O)(=O)c1nc2c(c(=O)n(Cc3ccno3)c(=O)n2C)n1Cc1ccc(Cl)cc1.CC(C)Sc1nc2c(c(=O)[nH]c(=O)n2C)n1Cc1ccc(Cl)cc1.ClCc1ccno1.Cn1c(=O)[nH]c(=O)c2c1nc(Br)n2Cc1ccc(Cl)cc1. The number of nitrogens with one attached hydrogen (secondary N) is 3. The van der Waals surface area contributed by atoms with Gasteiger partial charge in [0.15, 0.2) is 66.1 Å². The molecule has 0 aliphatic heterocycles. The fourth-order valence-electron chi connectivity index (χ4n) is 10.7. The lowest BCUT2D eigenvalue weighted by Gasteiger charge is -2.12. The first kappa shape index (κ1) is 88.4. The summed E-state index contributed by atoms with van der Waals surface area (Å²) in [6.07, 6.45) is 2.97. The van der Waals surface area contributed by atoms with E-state index in [0.29, 0.717) is 98.9 Å². The molecular formula is C72H76BrCl5N18O14S4. The van der Waals surface area contributed by atoms with E-state index in [2.05, 4.69) is 92.1 Å². The Morgan fingerprint density at radius 3 is 1.11 bits per heavy atom. The molecule has 0 unspecified atom stereocenters. The molecule has 32 nitrogen and oxygen atoms in total. The number of hydrogen-bond donors (Lipinski definition) is 4. The van der Waals surface area contributed by atoms with Gasteiger partial charge in [0.1, 0.15) is 0 Å². The van der Waals surface area contributed by atoms with E-state index < -0.39 is 75.2 Å². The van der Waals surface area contributed by atoms with E-state index in [1.54, 1.807) is 103 Å². The van der Waals surface area contributed by atoms with Gasteiger partial charge in [-0.15, -0.1) is 11.6 Å². The predicted octanol–water partition coefficient (Wildman–Crippen LogP) is 10.4. The van der Waals surface area contributed by atoms with Crippen LogP contribution in [0.1, 0.15) is 89.2 Å². The minimum Gasteiger partial charge on any atom is -0.360 e. The Balaban J connectivity index is 0.000000168. The Morgan fingerprint density at radius 2 is 0.763 bits per heavy atom. The van der Waals surface area contributed by atoms with Gasteiger partial charge in [0.25, 0.3) is 22.2 Å². The van der Waals surface area contributed by atoms with Crippen LogP contribution in [-0.2, 0) is 86.5 Å². The van der Waals surface area contributed by atoms with Crippen molar-refractivity contribution in [1.29, 1.82) is 0 Å². The summed E-state index contributed by atoms with van der Waals surface area (Å²) < 4.78 is 74.0. The van der Waals surface area contributed by atoms with Gasteiger partial charge in [-0.25, -0.2) is 46.0 Å². The molecule has 10 heterocycles. The molecule has 0 atom stereocenters. The number of nitrogens with zero attached hydrogens (tertiary/aromatic N) is 15. The summed E-state index contributed by atoms with van der Waals surface area (Å²) in [4.78, 5) is 122. The lowest BCUT2D eigenvalue weighted by molar-refractivity contribution is 0.372. The molecule has 14 aromatic rings. The van der Waals surface area contributed by atoms with Crippen molar-refractivity contribution in [2.24, 2.45) is 28.2 Å². The maximum absolute atomic E-state index is 13.4. The van der Waals surface area contributed by atoms with Crippen molar-refractivity contribution in [3.05, 3.63) is 264 Å². The molecule has 0 amide bonds. The van der Waals surface area contributed by atoms with Gasteiger partial charge < -0.3 is 27.3 Å². The van der Waals surface area contributed by atoms with Gasteiger partial charge in [0, 0.05) is 65.7 Å². The third-order valence-corrected chi connectivity index (χ3v) is 23.6. The van der Waals surface area contributed by atoms with Gasteiger partial charge in [-0.05, 0) is 120 Å². The third kappa shape index (κ3) is 20.6. The lowest BCUT2D eigenvalue weighted by atomic mass is 10.2. The van der Waals surface area contributed by atoms with Gasteiger partial charge in [0.2, 0.25) is 30.0 Å². The molecule has 0 aliphatic rings. The lowest BCUT2D eigenvalue weighted by Crippen LogP contribution is -2.40. The summed E-state index contributed by atoms with van der Waals surface area (Å²) in [5.41, 5.74) is 0.412. The number of aryl methyl sites for hydroxylation is 4. The van der Waals surface area contributed by atoms with Crippen LogP contribution in [0.15, 0.2) is 189 Å². The van der Waals surface area contributed by atoms with Crippen molar-refractivity contribution in [2.45, 2.75) is 130 Å². The number of H-pyrrole nitrogens is 3. The molecule has 14 rings (SSSR count). The normalized spacial score (nSPS) is 11.6. The van der Waals surface area contributed by atoms with Crippen LogP contribution in [0.3, 0.4) is 0 Å². The second-order valence-corrected chi connectivity index (χ2v) is 36.4. The standard InChI is InChI=1S/C20H20ClN5O5S.C16H17ClN4O4S.C16H17ClN4O2S.C13H10BrClN4O2.C4H4ClNO.C3H8S/c1-12(2)32(29,30)19-23-17-16(25(19)10-13-4-6-14(21)7-5-13)18(27)26(20(28)24(17)3)11-15-8-9-22-31-15;1-9(2)26(24,25)16-18-13-12(14(22)19-15(23)20(13)3)21(16)8-10-4-6-11(17)7-5-10;1-9(2)24-16-18-13-12(14(22)19-15(23)20(13)3)21(16)8-10-4-6-11(17)7-5-10;1-18-10-9(11(20)17-13(18)21)19(12(14)16-10)6-7-2-4-8(15)5-3-7;5-3-4-1-2-6-7-4;1-3(2)4/h4-9,12H,10-11H2,1-3H3;4-7,9H,8H2,1-3H3,(H,19,22,23);4-7,9H,8H2,1-3H3,(H,19,22,23);2-5H,6H2,1H3,(H,17,20,21);1-2H,3H2;3-4H,1-2H3. The van der Waals surface area contributed by atoms with E-state index in [1.165, 1.54) is 72.3 Å². The summed E-state index contributed by atoms with van der Waals surface area (Å²) in [6, 6.07) is 31.6. The Hall–Kier alpha value is -9.57. The van der Waals surface area contributed by atoms with Gasteiger partial charge in [-0.3, -0.25) is 57.0 Å². The van der Waals surface area contributed by atoms with Crippen molar-refractivity contribution < 1.29 is 25.9 Å². The fourth-order valence-corrected chi connectivity index (χ4v) is 14.9. The van der Waals surface area contributed by atoms with Crippen LogP contribution in [-0.4, -0.2) is 124 Å². The van der Waals surface area contributed by atoms with E-state index in [0.717, 1.165) is 30.4 Å². The zero-order chi connectivity index (χ0) is 83.7. The number of halogens is 6. The molecule has 4 aromatic carbocycles. The van der Waals surface area contributed by atoms with Crippen molar-refractivity contribution >= 4 is 163 Å². The highest BCUT2D eigenvalue weighted by molar-refractivity contribution is 9.10. The zero-order valence-corrected chi connectivity index (χ0v) is 71.7. The van der Waals surface area contributed by atoms with Crippen LogP contribution < -0.4 is 45.0 Å². The van der Waals surface area contributed by atoms with E-state index in [1.807, 2.05) is 54.8 Å². The van der Waals surface area contributed by atoms with Crippen LogP contribution in [0.5, 0.6) is 0 Å². The Morgan fingerprint density at radius 1 is 0.439 bits per heavy atom. The first-order valence-electron chi connectivity index (χ1n) is 34.3. The summed E-state index contributed by atoms with van der Waals surface area (Å²) in [7, 11) is -1.64. The van der Waals surface area contributed by atoms with Crippen molar-refractivity contribution in [3.63, 3.8) is 0 Å². The summed E-state index contributed by atoms with van der Waals surface area (Å²) >= 11 is 37.8. The molecule has 114 heavy (non-hydrogen) atoms. The smallest absolute Gasteiger partial charge is 0.332 e. The Kier molecular flexibility index (Phi) is 29.3. The highest BCUT2D eigenvalue weighted by Crippen LogP contribution is 2.29. The number of benzene rings is 4. The van der Waals surface area contributed by atoms with Crippen molar-refractivity contribution in [3.8, 4) is 0 Å². The van der Waals surface area contributed by atoms with Gasteiger partial charge in [0.05, 0.1) is 61.5 Å². The van der Waals surface area contributed by atoms with E-state index in [4.69, 9.17) is 62.5 Å². The summed E-state index contributed by atoms with van der Waals surface area (Å²) in [5.74, 6) is 1.42. The first-order chi connectivity index (χ1) is 53.7. The number of fused-ring (bicyclic) bond motifs is 4. The second-order valence-electron chi connectivity index (χ2n) is 26.3. The van der Waals surface area contributed by atoms with Crippen LogP contribution in [0.4, 0.5) is 0 Å². The molecule has 0 saturated heterocycles. The Labute approximate surface area is 691 Å². The number of sulfone groups is 2. The minimum absolute atomic E-state index is 0.000732. The monoisotopic (exact) mass is 1800 g/mol. The second kappa shape index (κ2) is 37.8. The average Bonchev–Trinajstić information content (AvgIpc) is 1.58. The number of thiol groups is 1. The topological polar surface area (TPSA) is 400 Å². The van der Waals surface area contributed by atoms with Crippen LogP contribution in [0.25, 0.3) is 44.7 Å². The molecule has 10 aromatic heterocycles. The molecular weight excluding hydrogens is 1730 g/mol. The highest BCUT2D eigenvalue weighted by atomic mass is 79.9. The van der Waals surface area contributed by atoms with E-state index in [-0.39, 0.29) is 52.3 Å². The fraction of sp³-hybridized carbons (Fsp3) is 0.306. The van der Waals surface area contributed by atoms with E-state index >= 15 is 0 Å². The maximum atomic E-state index is 13.4. The van der Waals surface area contributed by atoms with Gasteiger partial charge in [-0.1, -0.05) is 145 Å². The number of thioether (sulfide) groups is 1. The number of aromatic amines is 3. The molecule has 0 bridgehead atoms. The first-order valence-corrected chi connectivity index (χ1v) is 41.7. The van der Waals surface area contributed by atoms with E-state index in [9.17, 15) is 55.2 Å². The largest absolute Gasteiger partial charge is 0.360 e. The minimum atomic E-state index is -3.87. The number of imidazole rings is 4. The average molecular weight is 1800 g/mol. The number of aromatic nitrogens is 18. The van der Waals surface area contributed by atoms with Crippen molar-refractivity contribution in [2.75, 3.05) is 0 Å². The quantitative estimate of drug-likeness (QED) is 0.0285. The van der Waals surface area contributed by atoms with Crippen LogP contribution in [0.2, 0.25) is 20.1 Å². The summed E-state index contributed by atoms with van der Waals surface area (Å²) in [6.45, 7) is 15.2. The maximum Gasteiger partial charge on any atom is 0.332 e. The summed E-state index contributed by atoms with van der Waals surface area (Å²) in [5, 5.41) is 8.89. The molecule has 3 N–H and O–H groups in total. The highest BCUT2D eigenvalue weighted by Gasteiger charge is 2.32. The number of hydrogen-bond acceptors (Lipinski definition) is 22. The molecule has 0 saturated carbocycles. The van der Waals surface area contributed by atoms with Crippen LogP contribution >= 0.6 is 98.3 Å². The Bertz CT molecular complexity index is 6540. The third-order valence-electron chi connectivity index (χ3n) is 16.6. The van der Waals surface area contributed by atoms with Crippen LogP contribution in [0, 0.1) is 0 Å². The van der Waals surface area contributed by atoms with Gasteiger partial charge >= 0.3 is 22.8 Å².